The molecule has 1 N–H and O–H groups in total. The van der Waals surface area contributed by atoms with Crippen molar-refractivity contribution in [2.75, 3.05) is 7.11 Å². The maximum Gasteiger partial charge on any atom is 0.240 e. The smallest absolute Gasteiger partial charge is 0.240 e. The van der Waals surface area contributed by atoms with Gasteiger partial charge in [-0.1, -0.05) is 12.1 Å². The summed E-state index contributed by atoms with van der Waals surface area (Å²) in [6.07, 6.45) is 1.38. The fourth-order valence-electron chi connectivity index (χ4n) is 2.37. The molecule has 1 heterocycles. The number of fused-ring (bicyclic) bond motifs is 1. The number of halogens is 2. The van der Waals surface area contributed by atoms with E-state index < -0.39 is 11.6 Å². The van der Waals surface area contributed by atoms with Gasteiger partial charge < -0.3 is 14.6 Å². The lowest BCUT2D eigenvalue weighted by Crippen LogP contribution is -2.26. The van der Waals surface area contributed by atoms with Gasteiger partial charge in [0.2, 0.25) is 5.91 Å². The van der Waals surface area contributed by atoms with Crippen LogP contribution in [0.25, 0.3) is 11.0 Å². The Morgan fingerprint density at radius 2 is 2.04 bits per heavy atom. The lowest BCUT2D eigenvalue weighted by Gasteiger charge is -2.08. The maximum atomic E-state index is 13.4. The minimum absolute atomic E-state index is 0.0362. The van der Waals surface area contributed by atoms with Crippen molar-refractivity contribution in [3.8, 4) is 5.75 Å². The third kappa shape index (κ3) is 3.34. The Labute approximate surface area is 136 Å². The van der Waals surface area contributed by atoms with Crippen molar-refractivity contribution in [3.05, 3.63) is 59.9 Å². The second kappa shape index (κ2) is 6.66. The summed E-state index contributed by atoms with van der Waals surface area (Å²) in [6.45, 7) is 0.303. The molecule has 1 aromatic heterocycles. The zero-order valence-electron chi connectivity index (χ0n) is 12.9. The lowest BCUT2D eigenvalue weighted by atomic mass is 10.2. The summed E-state index contributed by atoms with van der Waals surface area (Å²) in [5.74, 6) is -1.49. The van der Waals surface area contributed by atoms with E-state index in [0.717, 1.165) is 17.7 Å². The molecule has 0 fully saturated rings. The first-order valence-electron chi connectivity index (χ1n) is 7.26. The first kappa shape index (κ1) is 15.9. The molecule has 2 aromatic carbocycles. The van der Waals surface area contributed by atoms with Crippen LogP contribution < -0.4 is 10.1 Å². The molecular weight excluding hydrogens is 316 g/mol. The number of hydrogen-bond donors (Lipinski definition) is 1. The van der Waals surface area contributed by atoms with E-state index >= 15 is 0 Å². The Morgan fingerprint density at radius 3 is 2.83 bits per heavy atom. The molecule has 7 heteroatoms. The number of nitrogens with one attached hydrogen (secondary N) is 1. The molecule has 0 unspecified atom stereocenters. The van der Waals surface area contributed by atoms with E-state index in [0.29, 0.717) is 23.3 Å². The standard InChI is InChI=1S/C17H15F2N3O2/c1-24-12-4-2-3-11(5-12)8-20-17(23)9-22-10-21-15-6-13(18)14(19)7-16(15)22/h2-7,10H,8-9H2,1H3,(H,20,23). The van der Waals surface area contributed by atoms with Crippen molar-refractivity contribution < 1.29 is 18.3 Å². The van der Waals surface area contributed by atoms with Crippen LogP contribution in [0.15, 0.2) is 42.7 Å². The number of imidazole rings is 1. The van der Waals surface area contributed by atoms with E-state index in [4.69, 9.17) is 4.74 Å². The predicted molar refractivity (Wildman–Crippen MR) is 84.5 cm³/mol. The number of carbonyl (C=O) groups is 1. The van der Waals surface area contributed by atoms with E-state index in [2.05, 4.69) is 10.3 Å². The van der Waals surface area contributed by atoms with E-state index in [1.54, 1.807) is 7.11 Å². The van der Waals surface area contributed by atoms with Gasteiger partial charge in [-0.25, -0.2) is 13.8 Å². The molecule has 0 aliphatic heterocycles. The molecule has 0 saturated heterocycles. The van der Waals surface area contributed by atoms with Crippen molar-refractivity contribution in [1.29, 1.82) is 0 Å². The first-order valence-corrected chi connectivity index (χ1v) is 7.26. The second-order valence-corrected chi connectivity index (χ2v) is 5.26. The SMILES string of the molecule is COc1cccc(CNC(=O)Cn2cnc3cc(F)c(F)cc32)c1. The average Bonchev–Trinajstić information content (AvgIpc) is 2.95. The van der Waals surface area contributed by atoms with Crippen LogP contribution in [-0.4, -0.2) is 22.6 Å². The summed E-state index contributed by atoms with van der Waals surface area (Å²) in [5, 5.41) is 2.77. The van der Waals surface area contributed by atoms with Crippen LogP contribution in [0.3, 0.4) is 0 Å². The van der Waals surface area contributed by atoms with Gasteiger partial charge in [-0.2, -0.15) is 0 Å². The fraction of sp³-hybridized carbons (Fsp3) is 0.176. The van der Waals surface area contributed by atoms with Crippen LogP contribution in [0.4, 0.5) is 8.78 Å². The van der Waals surface area contributed by atoms with E-state index in [1.165, 1.54) is 10.9 Å². The molecule has 1 amide bonds. The zero-order valence-corrected chi connectivity index (χ0v) is 12.9. The van der Waals surface area contributed by atoms with Gasteiger partial charge in [0.05, 0.1) is 24.5 Å². The highest BCUT2D eigenvalue weighted by Crippen LogP contribution is 2.17. The maximum absolute atomic E-state index is 13.4. The largest absolute Gasteiger partial charge is 0.497 e. The molecule has 124 valence electrons. The molecule has 0 saturated carbocycles. The summed E-state index contributed by atoms with van der Waals surface area (Å²) in [5.41, 5.74) is 1.56. The van der Waals surface area contributed by atoms with Gasteiger partial charge in [0, 0.05) is 18.7 Å². The highest BCUT2D eigenvalue weighted by atomic mass is 19.2. The molecule has 5 nitrogen and oxygen atoms in total. The Bertz CT molecular complexity index is 893. The number of benzene rings is 2. The van der Waals surface area contributed by atoms with Crippen LogP contribution in [0, 0.1) is 11.6 Å². The fourth-order valence-corrected chi connectivity index (χ4v) is 2.37. The van der Waals surface area contributed by atoms with Crippen LogP contribution in [-0.2, 0) is 17.9 Å². The molecule has 0 bridgehead atoms. The number of nitrogens with zero attached hydrogens (tertiary/aromatic N) is 2. The number of ether oxygens (including phenoxy) is 1. The highest BCUT2D eigenvalue weighted by molar-refractivity contribution is 5.80. The normalized spacial score (nSPS) is 10.8. The summed E-state index contributed by atoms with van der Waals surface area (Å²) in [4.78, 5) is 16.0. The quantitative estimate of drug-likeness (QED) is 0.782. The van der Waals surface area contributed by atoms with Crippen molar-refractivity contribution in [2.24, 2.45) is 0 Å². The van der Waals surface area contributed by atoms with Gasteiger partial charge in [-0.05, 0) is 17.7 Å². The number of aromatic nitrogens is 2. The van der Waals surface area contributed by atoms with E-state index in [1.807, 2.05) is 24.3 Å². The van der Waals surface area contributed by atoms with Crippen LogP contribution in [0.2, 0.25) is 0 Å². The van der Waals surface area contributed by atoms with Crippen LogP contribution >= 0.6 is 0 Å². The molecule has 3 rings (SSSR count). The average molecular weight is 331 g/mol. The number of rotatable bonds is 5. The summed E-state index contributed by atoms with van der Waals surface area (Å²) in [7, 11) is 1.57. The zero-order chi connectivity index (χ0) is 17.1. The van der Waals surface area contributed by atoms with Crippen molar-refractivity contribution in [1.82, 2.24) is 14.9 Å². The summed E-state index contributed by atoms with van der Waals surface area (Å²) in [6, 6.07) is 9.39. The second-order valence-electron chi connectivity index (χ2n) is 5.26. The first-order chi connectivity index (χ1) is 11.6. The lowest BCUT2D eigenvalue weighted by molar-refractivity contribution is -0.121. The predicted octanol–water partition coefficient (Wildman–Crippen LogP) is 2.64. The Balaban J connectivity index is 1.67. The van der Waals surface area contributed by atoms with Crippen molar-refractivity contribution in [2.45, 2.75) is 13.1 Å². The van der Waals surface area contributed by atoms with Crippen LogP contribution in [0.5, 0.6) is 5.75 Å². The Hall–Kier alpha value is -2.96. The molecular formula is C17H15F2N3O2. The van der Waals surface area contributed by atoms with Crippen molar-refractivity contribution >= 4 is 16.9 Å². The molecule has 0 atom stereocenters. The third-order valence-electron chi connectivity index (χ3n) is 3.60. The summed E-state index contributed by atoms with van der Waals surface area (Å²) < 4.78 is 33.1. The molecule has 3 aromatic rings. The minimum atomic E-state index is -0.971. The third-order valence-corrected chi connectivity index (χ3v) is 3.60. The monoisotopic (exact) mass is 331 g/mol. The van der Waals surface area contributed by atoms with Gasteiger partial charge in [0.25, 0.3) is 0 Å². The van der Waals surface area contributed by atoms with Gasteiger partial charge in [0.1, 0.15) is 12.3 Å². The van der Waals surface area contributed by atoms with Gasteiger partial charge >= 0.3 is 0 Å². The van der Waals surface area contributed by atoms with Crippen LogP contribution in [0.1, 0.15) is 5.56 Å². The van der Waals surface area contributed by atoms with Gasteiger partial charge in [-0.3, -0.25) is 4.79 Å². The number of methoxy groups -OCH3 is 1. The molecule has 0 radical (unpaired) electrons. The Kier molecular flexibility index (Phi) is 4.41. The topological polar surface area (TPSA) is 56.1 Å². The number of hydrogen-bond acceptors (Lipinski definition) is 3. The molecule has 0 aliphatic carbocycles. The summed E-state index contributed by atoms with van der Waals surface area (Å²) >= 11 is 0. The number of carbonyl (C=O) groups excluding carboxylic acids is 1. The highest BCUT2D eigenvalue weighted by Gasteiger charge is 2.11. The van der Waals surface area contributed by atoms with E-state index in [9.17, 15) is 13.6 Å². The Morgan fingerprint density at radius 1 is 1.25 bits per heavy atom. The molecule has 24 heavy (non-hydrogen) atoms. The molecule has 0 spiro atoms. The van der Waals surface area contributed by atoms with Gasteiger partial charge in [-0.15, -0.1) is 0 Å². The minimum Gasteiger partial charge on any atom is -0.497 e. The number of amides is 1. The molecule has 0 aliphatic rings. The van der Waals surface area contributed by atoms with E-state index in [-0.39, 0.29) is 12.5 Å². The van der Waals surface area contributed by atoms with Gasteiger partial charge in [0.15, 0.2) is 11.6 Å². The van der Waals surface area contributed by atoms with Crippen molar-refractivity contribution in [3.63, 3.8) is 0 Å².